The third-order valence-corrected chi connectivity index (χ3v) is 5.03. The number of aromatic nitrogens is 2. The molecule has 3 aromatic rings. The van der Waals surface area contributed by atoms with E-state index in [2.05, 4.69) is 20.4 Å². The predicted molar refractivity (Wildman–Crippen MR) is 127 cm³/mol. The first-order valence-electron chi connectivity index (χ1n) is 9.33. The van der Waals surface area contributed by atoms with Crippen LogP contribution in [-0.4, -0.2) is 40.3 Å². The molecule has 0 bridgehead atoms. The number of aromatic amines is 1. The van der Waals surface area contributed by atoms with Crippen LogP contribution in [0.1, 0.15) is 21.6 Å². The molecule has 0 saturated heterocycles. The molecule has 3 rings (SSSR count). The average molecular weight is 495 g/mol. The molecule has 0 unspecified atom stereocenters. The highest BCUT2D eigenvalue weighted by molar-refractivity contribution is 6.35. The van der Waals surface area contributed by atoms with Gasteiger partial charge in [-0.05, 0) is 31.2 Å². The first kappa shape index (κ1) is 23.7. The molecule has 11 heteroatoms. The maximum absolute atomic E-state index is 13.1. The van der Waals surface area contributed by atoms with Crippen LogP contribution in [0.3, 0.4) is 0 Å². The van der Waals surface area contributed by atoms with Crippen molar-refractivity contribution in [2.45, 2.75) is 6.92 Å². The van der Waals surface area contributed by atoms with E-state index in [-0.39, 0.29) is 30.2 Å². The molecule has 0 radical (unpaired) electrons. The number of hydrogen-bond donors (Lipinski definition) is 3. The quantitative estimate of drug-likeness (QED) is 0.338. The van der Waals surface area contributed by atoms with Crippen molar-refractivity contribution in [1.29, 1.82) is 0 Å². The van der Waals surface area contributed by atoms with Gasteiger partial charge in [0, 0.05) is 32.0 Å². The number of halogens is 3. The molecule has 0 fully saturated rings. The molecule has 0 spiro atoms. The molecular formula is C21H18Cl3N5O3. The highest BCUT2D eigenvalue weighted by atomic mass is 35.5. The Bertz CT molecular complexity index is 1210. The van der Waals surface area contributed by atoms with Crippen LogP contribution in [0.2, 0.25) is 15.1 Å². The number of hydrazone groups is 1. The van der Waals surface area contributed by atoms with E-state index in [0.717, 1.165) is 0 Å². The van der Waals surface area contributed by atoms with E-state index in [1.807, 2.05) is 0 Å². The summed E-state index contributed by atoms with van der Waals surface area (Å²) < 4.78 is 0. The number of nitrogens with zero attached hydrogens (tertiary/aromatic N) is 3. The number of benzene rings is 2. The van der Waals surface area contributed by atoms with Crippen LogP contribution in [0.4, 0.5) is 11.5 Å². The zero-order chi connectivity index (χ0) is 23.3. The van der Waals surface area contributed by atoms with Gasteiger partial charge in [-0.2, -0.15) is 10.1 Å². The van der Waals surface area contributed by atoms with E-state index >= 15 is 0 Å². The van der Waals surface area contributed by atoms with Gasteiger partial charge in [-0.3, -0.25) is 4.79 Å². The van der Waals surface area contributed by atoms with Gasteiger partial charge in [0.25, 0.3) is 5.91 Å². The van der Waals surface area contributed by atoms with E-state index in [0.29, 0.717) is 26.3 Å². The molecule has 0 aliphatic rings. The van der Waals surface area contributed by atoms with E-state index in [9.17, 15) is 14.7 Å². The van der Waals surface area contributed by atoms with Gasteiger partial charge in [-0.15, -0.1) is 0 Å². The molecule has 0 atom stereocenters. The van der Waals surface area contributed by atoms with Crippen LogP contribution in [0.5, 0.6) is 0 Å². The van der Waals surface area contributed by atoms with Gasteiger partial charge in [-0.25, -0.2) is 9.80 Å². The lowest BCUT2D eigenvalue weighted by molar-refractivity contribution is 0.102. The molecular weight excluding hydrogens is 477 g/mol. The molecule has 0 saturated carbocycles. The van der Waals surface area contributed by atoms with Gasteiger partial charge in [0.05, 0.1) is 19.4 Å². The number of hydrogen-bond acceptors (Lipinski definition) is 6. The van der Waals surface area contributed by atoms with Crippen molar-refractivity contribution in [3.63, 3.8) is 0 Å². The van der Waals surface area contributed by atoms with Gasteiger partial charge in [0.1, 0.15) is 5.56 Å². The van der Waals surface area contributed by atoms with Crippen molar-refractivity contribution >= 4 is 58.4 Å². The fourth-order valence-corrected chi connectivity index (χ4v) is 3.58. The molecule has 0 aliphatic carbocycles. The average Bonchev–Trinajstić information content (AvgIpc) is 2.70. The summed E-state index contributed by atoms with van der Waals surface area (Å²) >= 11 is 18.2. The lowest BCUT2D eigenvalue weighted by atomic mass is 10.2. The van der Waals surface area contributed by atoms with Crippen molar-refractivity contribution in [1.82, 2.24) is 9.97 Å². The number of aliphatic hydroxyl groups excluding tert-OH is 1. The van der Waals surface area contributed by atoms with Gasteiger partial charge in [0.15, 0.2) is 5.82 Å². The minimum atomic E-state index is -0.671. The lowest BCUT2D eigenvalue weighted by Gasteiger charge is -2.20. The molecule has 2 aromatic carbocycles. The van der Waals surface area contributed by atoms with E-state index in [4.69, 9.17) is 34.8 Å². The molecule has 8 nitrogen and oxygen atoms in total. The Morgan fingerprint density at radius 1 is 1.22 bits per heavy atom. The van der Waals surface area contributed by atoms with Gasteiger partial charge in [0.2, 0.25) is 0 Å². The zero-order valence-electron chi connectivity index (χ0n) is 16.8. The van der Waals surface area contributed by atoms with Crippen LogP contribution in [0, 0.1) is 6.92 Å². The minimum absolute atomic E-state index is 0.0277. The fourth-order valence-electron chi connectivity index (χ4n) is 2.87. The number of H-pyrrole nitrogens is 1. The summed E-state index contributed by atoms with van der Waals surface area (Å²) in [5.74, 6) is -0.607. The topological polar surface area (TPSA) is 111 Å². The Kier molecular flexibility index (Phi) is 7.87. The second kappa shape index (κ2) is 10.6. The first-order valence-corrected chi connectivity index (χ1v) is 10.5. The lowest BCUT2D eigenvalue weighted by Crippen LogP contribution is -2.30. The summed E-state index contributed by atoms with van der Waals surface area (Å²) in [4.78, 5) is 31.6. The summed E-state index contributed by atoms with van der Waals surface area (Å²) in [5, 5.41) is 18.9. The Morgan fingerprint density at radius 3 is 2.56 bits per heavy atom. The Labute approximate surface area is 198 Å². The van der Waals surface area contributed by atoms with Crippen LogP contribution >= 0.6 is 34.8 Å². The van der Waals surface area contributed by atoms with Crippen molar-refractivity contribution in [3.8, 4) is 0 Å². The van der Waals surface area contributed by atoms with Crippen molar-refractivity contribution < 1.29 is 9.90 Å². The summed E-state index contributed by atoms with van der Waals surface area (Å²) in [7, 11) is 0. The molecule has 32 heavy (non-hydrogen) atoms. The van der Waals surface area contributed by atoms with Gasteiger partial charge in [-0.1, -0.05) is 53.0 Å². The maximum Gasteiger partial charge on any atom is 0.347 e. The number of amides is 1. The molecule has 0 aliphatic heterocycles. The summed E-state index contributed by atoms with van der Waals surface area (Å²) in [5.41, 5.74) is 0.623. The standard InChI is InChI=1S/C21H18Cl3N5O3/c1-12-18(20(31)27-16-9-14(22)8-15(23)10-16)19(28-21(32)26-12)29(6-7-30)25-11-13-4-2-3-5-17(13)24/h2-5,8-11,30H,6-7H2,1H3,(H,27,31)(H,26,28,32)/b25-11+. The number of aryl methyl sites for hydroxylation is 1. The number of carbonyl (C=O) groups is 1. The summed E-state index contributed by atoms with van der Waals surface area (Å²) in [6.07, 6.45) is 1.45. The monoisotopic (exact) mass is 493 g/mol. The third-order valence-electron chi connectivity index (χ3n) is 4.25. The van der Waals surface area contributed by atoms with E-state index in [1.54, 1.807) is 31.2 Å². The second-order valence-corrected chi connectivity index (χ2v) is 7.87. The van der Waals surface area contributed by atoms with Gasteiger partial charge < -0.3 is 15.4 Å². The smallest absolute Gasteiger partial charge is 0.347 e. The predicted octanol–water partition coefficient (Wildman–Crippen LogP) is 4.12. The number of anilines is 2. The van der Waals surface area contributed by atoms with Crippen LogP contribution in [-0.2, 0) is 0 Å². The van der Waals surface area contributed by atoms with Gasteiger partial charge >= 0.3 is 5.69 Å². The van der Waals surface area contributed by atoms with Crippen molar-refractivity contribution in [2.24, 2.45) is 5.10 Å². The SMILES string of the molecule is Cc1[nH]c(=O)nc(N(CCO)/N=C/c2ccccc2Cl)c1C(=O)Nc1cc(Cl)cc(Cl)c1. The maximum atomic E-state index is 13.1. The Morgan fingerprint density at radius 2 is 1.91 bits per heavy atom. The Balaban J connectivity index is 2.03. The molecule has 166 valence electrons. The molecule has 1 amide bonds. The summed E-state index contributed by atoms with van der Waals surface area (Å²) in [6, 6.07) is 11.6. The van der Waals surface area contributed by atoms with Crippen LogP contribution in [0.15, 0.2) is 52.4 Å². The number of nitrogens with one attached hydrogen (secondary N) is 2. The number of rotatable bonds is 7. The normalized spacial score (nSPS) is 11.0. The number of carbonyl (C=O) groups excluding carboxylic acids is 1. The van der Waals surface area contributed by atoms with Crippen molar-refractivity contribution in [2.75, 3.05) is 23.5 Å². The second-order valence-electron chi connectivity index (χ2n) is 6.59. The van der Waals surface area contributed by atoms with E-state index < -0.39 is 11.6 Å². The molecule has 1 aromatic heterocycles. The fraction of sp³-hybridized carbons (Fsp3) is 0.143. The highest BCUT2D eigenvalue weighted by Crippen LogP contribution is 2.25. The van der Waals surface area contributed by atoms with E-state index in [1.165, 1.54) is 29.4 Å². The van der Waals surface area contributed by atoms with Crippen molar-refractivity contribution in [3.05, 3.63) is 84.8 Å². The van der Waals surface area contributed by atoms with Crippen LogP contribution < -0.4 is 16.0 Å². The largest absolute Gasteiger partial charge is 0.394 e. The highest BCUT2D eigenvalue weighted by Gasteiger charge is 2.22. The number of aliphatic hydroxyl groups is 1. The molecule has 3 N–H and O–H groups in total. The summed E-state index contributed by atoms with van der Waals surface area (Å²) in [6.45, 7) is 1.22. The first-order chi connectivity index (χ1) is 15.3. The minimum Gasteiger partial charge on any atom is -0.394 e. The zero-order valence-corrected chi connectivity index (χ0v) is 19.0. The third kappa shape index (κ3) is 5.86. The molecule has 1 heterocycles. The Hall–Kier alpha value is -2.91. The van der Waals surface area contributed by atoms with Crippen LogP contribution in [0.25, 0.3) is 0 Å².